The Hall–Kier alpha value is -3.39. The van der Waals surface area contributed by atoms with Crippen LogP contribution in [-0.4, -0.2) is 61.8 Å². The van der Waals surface area contributed by atoms with Crippen LogP contribution in [0, 0.1) is 25.6 Å². The molecule has 8 heteroatoms. The van der Waals surface area contributed by atoms with Crippen molar-refractivity contribution in [1.29, 1.82) is 0 Å². The second-order valence-electron chi connectivity index (χ2n) is 11.9. The van der Waals surface area contributed by atoms with Crippen LogP contribution in [0.2, 0.25) is 0 Å². The zero-order chi connectivity index (χ0) is 28.5. The van der Waals surface area contributed by atoms with Gasteiger partial charge in [-0.1, -0.05) is 42.6 Å². The zero-order valence-corrected chi connectivity index (χ0v) is 24.5. The van der Waals surface area contributed by atoms with Crippen molar-refractivity contribution in [3.8, 4) is 16.9 Å². The van der Waals surface area contributed by atoms with E-state index in [2.05, 4.69) is 38.1 Å². The third-order valence-electron chi connectivity index (χ3n) is 9.29. The number of aryl methyl sites for hydroxylation is 3. The van der Waals surface area contributed by atoms with Crippen molar-refractivity contribution in [2.75, 3.05) is 49.6 Å². The summed E-state index contributed by atoms with van der Waals surface area (Å²) in [7, 11) is 1.59. The topological polar surface area (TPSA) is 62.1 Å². The van der Waals surface area contributed by atoms with E-state index in [-0.39, 0.29) is 23.7 Å². The molecule has 1 aromatic heterocycles. The van der Waals surface area contributed by atoms with Gasteiger partial charge in [0.25, 0.3) is 0 Å². The largest absolute Gasteiger partial charge is 0.494 e. The molecule has 3 aromatic rings. The minimum Gasteiger partial charge on any atom is -0.494 e. The van der Waals surface area contributed by atoms with Gasteiger partial charge >= 0.3 is 0 Å². The minimum atomic E-state index is -0.291. The van der Waals surface area contributed by atoms with Crippen molar-refractivity contribution in [3.63, 3.8) is 0 Å². The lowest BCUT2D eigenvalue weighted by atomic mass is 9.84. The lowest BCUT2D eigenvalue weighted by molar-refractivity contribution is -0.124. The Balaban J connectivity index is 1.27. The predicted molar refractivity (Wildman–Crippen MR) is 159 cm³/mol. The van der Waals surface area contributed by atoms with Gasteiger partial charge in [-0.05, 0) is 57.2 Å². The standard InChI is InChI=1S/C33H41FN4O3/c1-22-31(23(2)41-35-22)28-11-7-10-24-12-14-27(38(32(24)28)33(39)25-8-5-4-6-9-25)21-36-16-18-37(19-17-36)29-15-13-26(34)20-30(29)40-3/h7,10-11,13,15,20,25,27H,4-6,8-9,12,14,16-19,21H2,1-3H3. The predicted octanol–water partition coefficient (Wildman–Crippen LogP) is 6.16. The summed E-state index contributed by atoms with van der Waals surface area (Å²) in [6.07, 6.45) is 7.31. The number of fused-ring (bicyclic) bond motifs is 1. The number of hydrogen-bond donors (Lipinski definition) is 0. The molecule has 0 spiro atoms. The van der Waals surface area contributed by atoms with Crippen LogP contribution in [0.15, 0.2) is 40.9 Å². The van der Waals surface area contributed by atoms with E-state index < -0.39 is 0 Å². The Kier molecular flexibility index (Phi) is 8.02. The molecule has 1 unspecified atom stereocenters. The van der Waals surface area contributed by atoms with Gasteiger partial charge in [0.15, 0.2) is 0 Å². The third-order valence-corrected chi connectivity index (χ3v) is 9.29. The van der Waals surface area contributed by atoms with Crippen molar-refractivity contribution < 1.29 is 18.4 Å². The number of methoxy groups -OCH3 is 1. The number of benzene rings is 2. The van der Waals surface area contributed by atoms with E-state index in [9.17, 15) is 9.18 Å². The van der Waals surface area contributed by atoms with E-state index in [0.717, 1.165) is 105 Å². The van der Waals surface area contributed by atoms with Crippen LogP contribution >= 0.6 is 0 Å². The Bertz CT molecular complexity index is 1370. The number of piperazine rings is 1. The average Bonchev–Trinajstić information content (AvgIpc) is 3.34. The first-order valence-electron chi connectivity index (χ1n) is 15.1. The molecule has 3 aliphatic rings. The molecule has 6 rings (SSSR count). The highest BCUT2D eigenvalue weighted by molar-refractivity contribution is 6.01. The summed E-state index contributed by atoms with van der Waals surface area (Å²) < 4.78 is 24.8. The first-order valence-corrected chi connectivity index (χ1v) is 15.1. The maximum atomic E-state index is 14.4. The van der Waals surface area contributed by atoms with Gasteiger partial charge in [-0.25, -0.2) is 4.39 Å². The van der Waals surface area contributed by atoms with Gasteiger partial charge in [0, 0.05) is 61.9 Å². The normalized spacial score (nSPS) is 20.2. The number of nitrogens with zero attached hydrogens (tertiary/aromatic N) is 4. The van der Waals surface area contributed by atoms with E-state index in [1.54, 1.807) is 7.11 Å². The molecule has 2 aliphatic heterocycles. The molecule has 0 bridgehead atoms. The molecule has 3 heterocycles. The van der Waals surface area contributed by atoms with E-state index >= 15 is 0 Å². The Morgan fingerprint density at radius 2 is 1.83 bits per heavy atom. The van der Waals surface area contributed by atoms with Crippen molar-refractivity contribution in [2.24, 2.45) is 5.92 Å². The maximum absolute atomic E-state index is 14.4. The second kappa shape index (κ2) is 11.8. The van der Waals surface area contributed by atoms with E-state index in [1.165, 1.54) is 24.1 Å². The molecule has 0 N–H and O–H groups in total. The fourth-order valence-corrected chi connectivity index (χ4v) is 7.17. The number of para-hydroxylation sites is 1. The molecular weight excluding hydrogens is 519 g/mol. The van der Waals surface area contributed by atoms with Crippen LogP contribution in [-0.2, 0) is 11.2 Å². The number of aromatic nitrogens is 1. The van der Waals surface area contributed by atoms with Crippen LogP contribution in [0.3, 0.4) is 0 Å². The summed E-state index contributed by atoms with van der Waals surface area (Å²) in [6.45, 7) is 8.18. The number of carbonyl (C=O) groups is 1. The molecule has 7 nitrogen and oxygen atoms in total. The monoisotopic (exact) mass is 560 g/mol. The number of amides is 1. The summed E-state index contributed by atoms with van der Waals surface area (Å²) >= 11 is 0. The first kappa shape index (κ1) is 27.8. The molecule has 2 fully saturated rings. The van der Waals surface area contributed by atoms with Crippen molar-refractivity contribution in [3.05, 3.63) is 59.2 Å². The Labute approximate surface area is 242 Å². The number of rotatable bonds is 6. The van der Waals surface area contributed by atoms with Crippen molar-refractivity contribution in [2.45, 2.75) is 64.8 Å². The zero-order valence-electron chi connectivity index (χ0n) is 24.5. The van der Waals surface area contributed by atoms with Crippen molar-refractivity contribution in [1.82, 2.24) is 10.1 Å². The SMILES string of the molecule is COc1cc(F)ccc1N1CCN(CC2CCc3cccc(-c4c(C)noc4C)c3N2C(=O)C2CCCCC2)CC1. The first-order chi connectivity index (χ1) is 19.9. The highest BCUT2D eigenvalue weighted by Gasteiger charge is 2.38. The summed E-state index contributed by atoms with van der Waals surface area (Å²) in [4.78, 5) is 21.4. The molecule has 41 heavy (non-hydrogen) atoms. The average molecular weight is 561 g/mol. The second-order valence-corrected chi connectivity index (χ2v) is 11.9. The Morgan fingerprint density at radius 1 is 1.05 bits per heavy atom. The van der Waals surface area contributed by atoms with Gasteiger partial charge in [-0.15, -0.1) is 0 Å². The quantitative estimate of drug-likeness (QED) is 0.360. The lowest BCUT2D eigenvalue weighted by Crippen LogP contribution is -2.55. The van der Waals surface area contributed by atoms with Crippen LogP contribution < -0.4 is 14.5 Å². The molecule has 1 amide bonds. The van der Waals surface area contributed by atoms with Gasteiger partial charge < -0.3 is 19.1 Å². The molecule has 1 saturated carbocycles. The van der Waals surface area contributed by atoms with Crippen LogP contribution in [0.4, 0.5) is 15.8 Å². The van der Waals surface area contributed by atoms with Crippen LogP contribution in [0.1, 0.15) is 55.5 Å². The summed E-state index contributed by atoms with van der Waals surface area (Å²) in [6, 6.07) is 11.3. The van der Waals surface area contributed by atoms with Gasteiger partial charge in [0.2, 0.25) is 5.91 Å². The number of hydrogen-bond acceptors (Lipinski definition) is 6. The number of halogens is 1. The maximum Gasteiger partial charge on any atom is 0.230 e. The summed E-state index contributed by atoms with van der Waals surface area (Å²) in [5.74, 6) is 1.43. The van der Waals surface area contributed by atoms with Crippen molar-refractivity contribution >= 4 is 17.3 Å². The fraction of sp³-hybridized carbons (Fsp3) is 0.515. The summed E-state index contributed by atoms with van der Waals surface area (Å²) in [5.41, 5.74) is 6.14. The lowest BCUT2D eigenvalue weighted by Gasteiger charge is -2.44. The van der Waals surface area contributed by atoms with Gasteiger partial charge in [-0.3, -0.25) is 9.69 Å². The number of carbonyl (C=O) groups excluding carboxylic acids is 1. The van der Waals surface area contributed by atoms with Crippen LogP contribution in [0.25, 0.3) is 11.1 Å². The molecule has 0 radical (unpaired) electrons. The van der Waals surface area contributed by atoms with E-state index in [1.807, 2.05) is 19.9 Å². The highest BCUT2D eigenvalue weighted by Crippen LogP contribution is 2.43. The van der Waals surface area contributed by atoms with E-state index in [4.69, 9.17) is 9.26 Å². The van der Waals surface area contributed by atoms with Gasteiger partial charge in [-0.2, -0.15) is 0 Å². The molecule has 1 aliphatic carbocycles. The molecule has 1 atom stereocenters. The number of ether oxygens (including phenoxy) is 1. The summed E-state index contributed by atoms with van der Waals surface area (Å²) in [5, 5.41) is 4.24. The van der Waals surface area contributed by atoms with Gasteiger partial charge in [0.1, 0.15) is 17.3 Å². The highest BCUT2D eigenvalue weighted by atomic mass is 19.1. The Morgan fingerprint density at radius 3 is 2.54 bits per heavy atom. The smallest absolute Gasteiger partial charge is 0.230 e. The fourth-order valence-electron chi connectivity index (χ4n) is 7.17. The minimum absolute atomic E-state index is 0.0812. The third kappa shape index (κ3) is 5.46. The van der Waals surface area contributed by atoms with E-state index in [0.29, 0.717) is 5.75 Å². The number of anilines is 2. The molecular formula is C33H41FN4O3. The molecule has 2 aromatic carbocycles. The van der Waals surface area contributed by atoms with Gasteiger partial charge in [0.05, 0.1) is 24.2 Å². The molecule has 1 saturated heterocycles. The van der Waals surface area contributed by atoms with Crippen LogP contribution in [0.5, 0.6) is 5.75 Å². The molecule has 218 valence electrons.